The van der Waals surface area contributed by atoms with E-state index in [9.17, 15) is 9.59 Å². The number of thiophene rings is 1. The van der Waals surface area contributed by atoms with E-state index in [1.165, 1.54) is 4.88 Å². The number of amides is 1. The Bertz CT molecular complexity index is 460. The van der Waals surface area contributed by atoms with E-state index in [2.05, 4.69) is 18.3 Å². The zero-order valence-corrected chi connectivity index (χ0v) is 13.4. The molecular weight excluding hydrogens is 274 g/mol. The number of esters is 1. The summed E-state index contributed by atoms with van der Waals surface area (Å²) in [6.07, 6.45) is 1.30. The number of hydrogen-bond acceptors (Lipinski definition) is 4. The lowest BCUT2D eigenvalue weighted by atomic mass is 10.2. The molecule has 1 amide bonds. The molecule has 1 N–H and O–H groups in total. The summed E-state index contributed by atoms with van der Waals surface area (Å²) in [5.74, 6) is -0.459. The smallest absolute Gasteiger partial charge is 0.306 e. The average molecular weight is 297 g/mol. The number of aryl methyl sites for hydroxylation is 1. The Hall–Kier alpha value is -1.36. The zero-order valence-electron chi connectivity index (χ0n) is 12.6. The molecule has 0 aromatic carbocycles. The molecule has 0 saturated carbocycles. The first-order valence-electron chi connectivity index (χ1n) is 6.86. The molecule has 1 aromatic rings. The van der Waals surface area contributed by atoms with Crippen molar-refractivity contribution < 1.29 is 14.3 Å². The molecule has 1 rings (SSSR count). The van der Waals surface area contributed by atoms with E-state index in [4.69, 9.17) is 4.74 Å². The van der Waals surface area contributed by atoms with Crippen LogP contribution >= 0.6 is 11.3 Å². The van der Waals surface area contributed by atoms with Gasteiger partial charge in [0, 0.05) is 16.2 Å². The Morgan fingerprint density at radius 3 is 2.40 bits per heavy atom. The van der Waals surface area contributed by atoms with Crippen molar-refractivity contribution in [1.82, 2.24) is 5.32 Å². The van der Waals surface area contributed by atoms with Crippen LogP contribution in [0.4, 0.5) is 0 Å². The first kappa shape index (κ1) is 16.7. The molecule has 0 spiro atoms. The predicted molar refractivity (Wildman–Crippen MR) is 80.6 cm³/mol. The van der Waals surface area contributed by atoms with Crippen molar-refractivity contribution in [1.29, 1.82) is 0 Å². The first-order chi connectivity index (χ1) is 9.30. The highest BCUT2D eigenvalue weighted by Gasteiger charge is 2.17. The van der Waals surface area contributed by atoms with Gasteiger partial charge in [0.1, 0.15) is 5.60 Å². The van der Waals surface area contributed by atoms with Crippen LogP contribution in [-0.2, 0) is 27.3 Å². The Morgan fingerprint density at radius 2 is 1.85 bits per heavy atom. The fraction of sp³-hybridized carbons (Fsp3) is 0.600. The molecule has 20 heavy (non-hydrogen) atoms. The predicted octanol–water partition coefficient (Wildman–Crippen LogP) is 3.05. The molecule has 0 radical (unpaired) electrons. The second-order valence-corrected chi connectivity index (χ2v) is 6.84. The zero-order chi connectivity index (χ0) is 15.2. The third-order valence-corrected chi connectivity index (χ3v) is 3.73. The van der Waals surface area contributed by atoms with Crippen LogP contribution in [0.5, 0.6) is 0 Å². The summed E-state index contributed by atoms with van der Waals surface area (Å²) in [5, 5.41) is 2.82. The van der Waals surface area contributed by atoms with E-state index < -0.39 is 5.60 Å². The van der Waals surface area contributed by atoms with Gasteiger partial charge in [-0.05, 0) is 39.3 Å². The van der Waals surface area contributed by atoms with E-state index >= 15 is 0 Å². The highest BCUT2D eigenvalue weighted by Crippen LogP contribution is 2.16. The lowest BCUT2D eigenvalue weighted by Gasteiger charge is -2.19. The van der Waals surface area contributed by atoms with Crippen LogP contribution in [0.2, 0.25) is 0 Å². The molecule has 0 bridgehead atoms. The van der Waals surface area contributed by atoms with Crippen molar-refractivity contribution >= 4 is 23.2 Å². The number of carbonyl (C=O) groups excluding carboxylic acids is 2. The van der Waals surface area contributed by atoms with Crippen LogP contribution < -0.4 is 5.32 Å². The highest BCUT2D eigenvalue weighted by molar-refractivity contribution is 7.11. The van der Waals surface area contributed by atoms with E-state index in [0.717, 1.165) is 11.3 Å². The van der Waals surface area contributed by atoms with Gasteiger partial charge in [0.2, 0.25) is 5.91 Å². The maximum Gasteiger partial charge on any atom is 0.306 e. The van der Waals surface area contributed by atoms with Gasteiger partial charge in [-0.3, -0.25) is 9.59 Å². The summed E-state index contributed by atoms with van der Waals surface area (Å²) < 4.78 is 5.15. The summed E-state index contributed by atoms with van der Waals surface area (Å²) >= 11 is 1.70. The maximum atomic E-state index is 11.6. The fourth-order valence-electron chi connectivity index (χ4n) is 1.59. The van der Waals surface area contributed by atoms with Gasteiger partial charge in [-0.25, -0.2) is 0 Å². The molecule has 0 aliphatic heterocycles. The number of carbonyl (C=O) groups is 2. The van der Waals surface area contributed by atoms with Gasteiger partial charge in [0.15, 0.2) is 0 Å². The molecule has 0 unspecified atom stereocenters. The molecule has 0 saturated heterocycles. The van der Waals surface area contributed by atoms with Gasteiger partial charge in [-0.15, -0.1) is 11.3 Å². The molecule has 112 valence electrons. The number of hydrogen-bond donors (Lipinski definition) is 1. The summed E-state index contributed by atoms with van der Waals surface area (Å²) in [5.41, 5.74) is -0.499. The molecule has 4 nitrogen and oxygen atoms in total. The lowest BCUT2D eigenvalue weighted by molar-refractivity contribution is -0.155. The first-order valence-corrected chi connectivity index (χ1v) is 7.68. The molecule has 1 heterocycles. The molecule has 0 aliphatic carbocycles. The van der Waals surface area contributed by atoms with Crippen molar-refractivity contribution in [2.24, 2.45) is 0 Å². The second-order valence-electron chi connectivity index (χ2n) is 5.58. The third kappa shape index (κ3) is 6.70. The van der Waals surface area contributed by atoms with Crippen molar-refractivity contribution in [2.75, 3.05) is 0 Å². The van der Waals surface area contributed by atoms with Gasteiger partial charge >= 0.3 is 5.97 Å². The number of nitrogens with one attached hydrogen (secondary N) is 1. The molecule has 1 aromatic heterocycles. The van der Waals surface area contributed by atoms with Gasteiger partial charge in [0.05, 0.1) is 13.0 Å². The highest BCUT2D eigenvalue weighted by atomic mass is 32.1. The quantitative estimate of drug-likeness (QED) is 0.821. The lowest BCUT2D eigenvalue weighted by Crippen LogP contribution is -2.26. The van der Waals surface area contributed by atoms with Gasteiger partial charge in [0.25, 0.3) is 0 Å². The fourth-order valence-corrected chi connectivity index (χ4v) is 2.49. The Labute approximate surface area is 124 Å². The average Bonchev–Trinajstić information content (AvgIpc) is 2.79. The molecular formula is C15H23NO3S. The largest absolute Gasteiger partial charge is 0.460 e. The van der Waals surface area contributed by atoms with Crippen LogP contribution in [-0.4, -0.2) is 17.5 Å². The summed E-state index contributed by atoms with van der Waals surface area (Å²) in [4.78, 5) is 25.6. The van der Waals surface area contributed by atoms with Crippen LogP contribution in [0.25, 0.3) is 0 Å². The number of ether oxygens (including phenoxy) is 1. The standard InChI is InChI=1S/C15H23NO3S/c1-5-11-6-7-12(20-11)10-16-13(17)8-9-14(18)19-15(2,3)4/h6-7H,5,8-10H2,1-4H3,(H,16,17). The Morgan fingerprint density at radius 1 is 1.20 bits per heavy atom. The minimum absolute atomic E-state index is 0.119. The summed E-state index contributed by atoms with van der Waals surface area (Å²) in [7, 11) is 0. The minimum Gasteiger partial charge on any atom is -0.460 e. The number of rotatable bonds is 6. The van der Waals surface area contributed by atoms with E-state index in [1.807, 2.05) is 26.8 Å². The monoisotopic (exact) mass is 297 g/mol. The SMILES string of the molecule is CCc1ccc(CNC(=O)CCC(=O)OC(C)(C)C)s1. The van der Waals surface area contributed by atoms with Crippen LogP contribution in [0, 0.1) is 0 Å². The van der Waals surface area contributed by atoms with Crippen LogP contribution in [0.15, 0.2) is 12.1 Å². The van der Waals surface area contributed by atoms with Crippen molar-refractivity contribution in [3.8, 4) is 0 Å². The van der Waals surface area contributed by atoms with E-state index in [-0.39, 0.29) is 24.7 Å². The summed E-state index contributed by atoms with van der Waals surface area (Å²) in [6, 6.07) is 4.10. The minimum atomic E-state index is -0.499. The summed E-state index contributed by atoms with van der Waals surface area (Å²) in [6.45, 7) is 8.07. The maximum absolute atomic E-state index is 11.6. The van der Waals surface area contributed by atoms with E-state index in [0.29, 0.717) is 6.54 Å². The van der Waals surface area contributed by atoms with Crippen LogP contribution in [0.3, 0.4) is 0 Å². The van der Waals surface area contributed by atoms with Crippen molar-refractivity contribution in [3.63, 3.8) is 0 Å². The Balaban J connectivity index is 2.25. The molecule has 0 fully saturated rings. The molecule has 0 aliphatic rings. The normalized spacial score (nSPS) is 11.2. The van der Waals surface area contributed by atoms with Gasteiger partial charge in [-0.1, -0.05) is 6.92 Å². The third-order valence-electron chi connectivity index (χ3n) is 2.50. The molecule has 0 atom stereocenters. The van der Waals surface area contributed by atoms with E-state index in [1.54, 1.807) is 11.3 Å². The molecule has 5 heteroatoms. The van der Waals surface area contributed by atoms with Crippen LogP contribution in [0.1, 0.15) is 50.3 Å². The van der Waals surface area contributed by atoms with Crippen molar-refractivity contribution in [2.45, 2.75) is 59.1 Å². The second kappa shape index (κ2) is 7.43. The Kier molecular flexibility index (Phi) is 6.20. The topological polar surface area (TPSA) is 55.4 Å². The van der Waals surface area contributed by atoms with Crippen molar-refractivity contribution in [3.05, 3.63) is 21.9 Å². The van der Waals surface area contributed by atoms with Gasteiger partial charge in [-0.2, -0.15) is 0 Å². The van der Waals surface area contributed by atoms with Gasteiger partial charge < -0.3 is 10.1 Å².